The average molecular weight is 322 g/mol. The van der Waals surface area contributed by atoms with Gasteiger partial charge in [0.25, 0.3) is 0 Å². The first-order chi connectivity index (χ1) is 11.7. The molecule has 3 rings (SSSR count). The summed E-state index contributed by atoms with van der Waals surface area (Å²) in [5.41, 5.74) is 5.13. The summed E-state index contributed by atoms with van der Waals surface area (Å²) in [6, 6.07) is 13.5. The van der Waals surface area contributed by atoms with Crippen molar-refractivity contribution in [3.63, 3.8) is 0 Å². The second-order valence-electron chi connectivity index (χ2n) is 7.56. The summed E-state index contributed by atoms with van der Waals surface area (Å²) in [7, 11) is 0. The molecule has 0 saturated heterocycles. The van der Waals surface area contributed by atoms with Crippen molar-refractivity contribution >= 4 is 0 Å². The Kier molecular flexibility index (Phi) is 5.71. The molecule has 0 radical (unpaired) electrons. The van der Waals surface area contributed by atoms with E-state index in [0.29, 0.717) is 0 Å². The van der Waals surface area contributed by atoms with Crippen LogP contribution in [0.4, 0.5) is 0 Å². The highest BCUT2D eigenvalue weighted by Crippen LogP contribution is 2.41. The summed E-state index contributed by atoms with van der Waals surface area (Å²) in [5.74, 6) is 2.57. The fourth-order valence-electron chi connectivity index (χ4n) is 4.29. The predicted molar refractivity (Wildman–Crippen MR) is 103 cm³/mol. The maximum atomic E-state index is 4.60. The Morgan fingerprint density at radius 1 is 1.00 bits per heavy atom. The largest absolute Gasteiger partial charge is 0.256 e. The molecule has 1 fully saturated rings. The number of pyridine rings is 1. The minimum Gasteiger partial charge on any atom is -0.256 e. The third kappa shape index (κ3) is 3.88. The zero-order chi connectivity index (χ0) is 16.9. The third-order valence-electron chi connectivity index (χ3n) is 5.92. The van der Waals surface area contributed by atoms with Gasteiger partial charge in [0.2, 0.25) is 0 Å². The topological polar surface area (TPSA) is 12.9 Å². The van der Waals surface area contributed by atoms with E-state index in [1.165, 1.54) is 48.8 Å². The second-order valence-corrected chi connectivity index (χ2v) is 7.56. The van der Waals surface area contributed by atoms with Gasteiger partial charge in [-0.25, -0.2) is 0 Å². The summed E-state index contributed by atoms with van der Waals surface area (Å²) in [6.07, 6.45) is 9.90. The Hall–Kier alpha value is -1.63. The highest BCUT2D eigenvalue weighted by Gasteiger charge is 2.27. The van der Waals surface area contributed by atoms with Crippen LogP contribution in [-0.4, -0.2) is 4.98 Å². The van der Waals surface area contributed by atoms with Crippen molar-refractivity contribution in [3.05, 3.63) is 53.7 Å². The zero-order valence-electron chi connectivity index (χ0n) is 15.5. The van der Waals surface area contributed by atoms with Crippen LogP contribution in [0.2, 0.25) is 0 Å². The van der Waals surface area contributed by atoms with Gasteiger partial charge in [0, 0.05) is 11.8 Å². The number of aryl methyl sites for hydroxylation is 1. The van der Waals surface area contributed by atoms with Crippen LogP contribution in [0, 0.1) is 11.8 Å². The zero-order valence-corrected chi connectivity index (χ0v) is 15.5. The Morgan fingerprint density at radius 2 is 1.79 bits per heavy atom. The Bertz CT molecular complexity index is 626. The lowest BCUT2D eigenvalue weighted by Crippen LogP contribution is -2.21. The summed E-state index contributed by atoms with van der Waals surface area (Å²) >= 11 is 0. The van der Waals surface area contributed by atoms with E-state index in [1.54, 1.807) is 0 Å². The average Bonchev–Trinajstić information content (AvgIpc) is 2.64. The van der Waals surface area contributed by atoms with E-state index < -0.39 is 0 Å². The predicted octanol–water partition coefficient (Wildman–Crippen LogP) is 6.63. The van der Waals surface area contributed by atoms with Crippen LogP contribution in [0.5, 0.6) is 0 Å². The fourth-order valence-corrected chi connectivity index (χ4v) is 4.29. The molecular formula is C23H31N. The number of nitrogens with zero attached hydrogens (tertiary/aromatic N) is 1. The van der Waals surface area contributed by atoms with Gasteiger partial charge in [0.1, 0.15) is 0 Å². The van der Waals surface area contributed by atoms with Crippen molar-refractivity contribution in [1.29, 1.82) is 0 Å². The molecule has 0 amide bonds. The van der Waals surface area contributed by atoms with Crippen LogP contribution < -0.4 is 0 Å². The maximum absolute atomic E-state index is 4.60. The molecule has 0 aliphatic heterocycles. The molecule has 1 saturated carbocycles. The van der Waals surface area contributed by atoms with Gasteiger partial charge in [-0.3, -0.25) is 4.98 Å². The smallest absolute Gasteiger partial charge is 0.0702 e. The van der Waals surface area contributed by atoms with Gasteiger partial charge >= 0.3 is 0 Å². The van der Waals surface area contributed by atoms with Gasteiger partial charge in [-0.2, -0.15) is 0 Å². The lowest BCUT2D eigenvalue weighted by Gasteiger charge is -2.34. The first-order valence-corrected chi connectivity index (χ1v) is 9.76. The molecule has 2 aromatic rings. The number of aromatic nitrogens is 1. The van der Waals surface area contributed by atoms with Gasteiger partial charge in [0.15, 0.2) is 0 Å². The van der Waals surface area contributed by atoms with E-state index in [1.807, 2.05) is 6.20 Å². The van der Waals surface area contributed by atoms with Crippen molar-refractivity contribution < 1.29 is 0 Å². The second kappa shape index (κ2) is 7.96. The molecule has 0 bridgehead atoms. The van der Waals surface area contributed by atoms with Crippen molar-refractivity contribution in [2.24, 2.45) is 11.8 Å². The van der Waals surface area contributed by atoms with Gasteiger partial charge in [-0.1, -0.05) is 63.9 Å². The highest BCUT2D eigenvalue weighted by atomic mass is 14.7. The Labute approximate surface area is 147 Å². The lowest BCUT2D eigenvalue weighted by atomic mass is 9.71. The van der Waals surface area contributed by atoms with Gasteiger partial charge in [-0.15, -0.1) is 0 Å². The maximum Gasteiger partial charge on any atom is 0.0702 e. The van der Waals surface area contributed by atoms with Crippen molar-refractivity contribution in [2.45, 2.75) is 65.2 Å². The van der Waals surface area contributed by atoms with Gasteiger partial charge in [0.05, 0.1) is 5.69 Å². The summed E-state index contributed by atoms with van der Waals surface area (Å²) in [4.78, 5) is 4.60. The van der Waals surface area contributed by atoms with E-state index in [4.69, 9.17) is 0 Å². The van der Waals surface area contributed by atoms with E-state index in [-0.39, 0.29) is 0 Å². The Morgan fingerprint density at radius 3 is 2.38 bits per heavy atom. The summed E-state index contributed by atoms with van der Waals surface area (Å²) < 4.78 is 0. The van der Waals surface area contributed by atoms with Crippen LogP contribution in [0.1, 0.15) is 69.9 Å². The molecule has 0 unspecified atom stereocenters. The van der Waals surface area contributed by atoms with E-state index in [0.717, 1.165) is 29.9 Å². The Balaban J connectivity index is 1.68. The molecule has 1 heterocycles. The minimum absolute atomic E-state index is 0.748. The minimum atomic E-state index is 0.748. The molecule has 0 spiro atoms. The van der Waals surface area contributed by atoms with E-state index in [9.17, 15) is 0 Å². The van der Waals surface area contributed by atoms with E-state index in [2.05, 4.69) is 62.2 Å². The van der Waals surface area contributed by atoms with Crippen LogP contribution in [0.25, 0.3) is 11.3 Å². The van der Waals surface area contributed by atoms with Crippen LogP contribution in [0.3, 0.4) is 0 Å². The molecule has 1 aliphatic carbocycles. The highest BCUT2D eigenvalue weighted by molar-refractivity contribution is 5.59. The molecule has 1 heteroatoms. The molecule has 128 valence electrons. The van der Waals surface area contributed by atoms with Gasteiger partial charge in [-0.05, 0) is 60.6 Å². The normalized spacial score (nSPS) is 24.0. The molecule has 1 nitrogen and oxygen atoms in total. The molecule has 1 aromatic heterocycles. The first-order valence-electron chi connectivity index (χ1n) is 9.76. The molecule has 24 heavy (non-hydrogen) atoms. The third-order valence-corrected chi connectivity index (χ3v) is 5.92. The van der Waals surface area contributed by atoms with Crippen LogP contribution in [0.15, 0.2) is 42.6 Å². The SMILES string of the molecule is CCC[C@H]1CC[C@H](c2ccc(-c3ccc(CC)cn3)cc2)C[C@@H]1C. The lowest BCUT2D eigenvalue weighted by molar-refractivity contribution is 0.218. The number of hydrogen-bond donors (Lipinski definition) is 0. The standard InChI is InChI=1S/C23H31N/c1-4-6-19-8-13-22(15-17(19)3)20-9-11-21(12-10-20)23-14-7-18(5-2)16-24-23/h7,9-12,14,16-17,19,22H,4-6,8,13,15H2,1-3H3/t17-,19-,22-/m0/s1. The number of rotatable bonds is 5. The quantitative estimate of drug-likeness (QED) is 0.602. The monoisotopic (exact) mass is 321 g/mol. The number of hydrogen-bond acceptors (Lipinski definition) is 1. The van der Waals surface area contributed by atoms with Crippen molar-refractivity contribution in [2.75, 3.05) is 0 Å². The fraction of sp³-hybridized carbons (Fsp3) is 0.522. The molecular weight excluding hydrogens is 290 g/mol. The summed E-state index contributed by atoms with van der Waals surface area (Å²) in [5, 5.41) is 0. The van der Waals surface area contributed by atoms with Crippen LogP contribution in [-0.2, 0) is 6.42 Å². The van der Waals surface area contributed by atoms with Crippen LogP contribution >= 0.6 is 0 Å². The molecule has 0 N–H and O–H groups in total. The molecule has 3 atom stereocenters. The number of benzene rings is 1. The van der Waals surface area contributed by atoms with E-state index >= 15 is 0 Å². The molecule has 1 aliphatic rings. The van der Waals surface area contributed by atoms with Gasteiger partial charge < -0.3 is 0 Å². The van der Waals surface area contributed by atoms with Crippen molar-refractivity contribution in [1.82, 2.24) is 4.98 Å². The van der Waals surface area contributed by atoms with Crippen molar-refractivity contribution in [3.8, 4) is 11.3 Å². The molecule has 1 aromatic carbocycles. The first kappa shape index (κ1) is 17.2. The summed E-state index contributed by atoms with van der Waals surface area (Å²) in [6.45, 7) is 6.94.